The summed E-state index contributed by atoms with van der Waals surface area (Å²) in [5, 5.41) is 12.5. The summed E-state index contributed by atoms with van der Waals surface area (Å²) in [5.41, 5.74) is -1.74. The van der Waals surface area contributed by atoms with E-state index in [2.05, 4.69) is 0 Å². The molecule has 1 unspecified atom stereocenters. The minimum atomic E-state index is -2.58. The molecular weight excluding hydrogens is 572 g/mol. The maximum atomic E-state index is 14.1. The number of carbonyl (C=O) groups is 5. The van der Waals surface area contributed by atoms with Crippen molar-refractivity contribution in [2.45, 2.75) is 18.9 Å². The first-order valence-corrected chi connectivity index (χ1v) is 13.9. The van der Waals surface area contributed by atoms with Crippen molar-refractivity contribution in [2.24, 2.45) is 29.6 Å². The van der Waals surface area contributed by atoms with E-state index in [0.717, 1.165) is 28.4 Å². The Bertz CT molecular complexity index is 1490. The van der Waals surface area contributed by atoms with E-state index >= 15 is 0 Å². The van der Waals surface area contributed by atoms with Gasteiger partial charge in [0.1, 0.15) is 17.3 Å². The second-order valence-corrected chi connectivity index (χ2v) is 10.7. The Hall–Kier alpha value is -4.77. The predicted molar refractivity (Wildman–Crippen MR) is 155 cm³/mol. The number of methoxy groups -OCH3 is 4. The average molecular weight is 607 g/mol. The number of ether oxygens (including phenoxy) is 5. The highest BCUT2D eigenvalue weighted by atomic mass is 16.6. The smallest absolute Gasteiger partial charge is 0.343 e. The third kappa shape index (κ3) is 5.62. The number of benzene rings is 2. The second-order valence-electron chi connectivity index (χ2n) is 10.7. The Balaban J connectivity index is 2.01. The summed E-state index contributed by atoms with van der Waals surface area (Å²) in [6.07, 6.45) is 1.55. The molecule has 4 rings (SSSR count). The number of fused-ring (bicyclic) bond motifs is 2. The van der Waals surface area contributed by atoms with Gasteiger partial charge in [-0.25, -0.2) is 9.59 Å². The van der Waals surface area contributed by atoms with Crippen molar-refractivity contribution in [1.82, 2.24) is 0 Å². The molecule has 44 heavy (non-hydrogen) atoms. The molecule has 11 nitrogen and oxygen atoms in total. The van der Waals surface area contributed by atoms with Crippen LogP contribution in [0.1, 0.15) is 24.5 Å². The third-order valence-electron chi connectivity index (χ3n) is 8.32. The van der Waals surface area contributed by atoms with Crippen LogP contribution >= 0.6 is 0 Å². The summed E-state index contributed by atoms with van der Waals surface area (Å²) < 4.78 is 26.0. The van der Waals surface area contributed by atoms with Crippen molar-refractivity contribution in [2.75, 3.05) is 28.4 Å². The van der Waals surface area contributed by atoms with Crippen molar-refractivity contribution < 1.29 is 52.8 Å². The maximum absolute atomic E-state index is 14.1. The summed E-state index contributed by atoms with van der Waals surface area (Å²) in [7, 11) is 4.28. The predicted octanol–water partition coefficient (Wildman–Crippen LogP) is 2.97. The molecule has 2 aromatic rings. The monoisotopic (exact) mass is 606 g/mol. The van der Waals surface area contributed by atoms with E-state index < -0.39 is 70.8 Å². The lowest BCUT2D eigenvalue weighted by Crippen LogP contribution is -2.68. The van der Waals surface area contributed by atoms with E-state index in [1.165, 1.54) is 0 Å². The Kier molecular flexibility index (Phi) is 9.68. The topological polar surface area (TPSA) is 152 Å². The molecule has 2 bridgehead atoms. The normalized spacial score (nSPS) is 26.2. The fourth-order valence-electron chi connectivity index (χ4n) is 6.50. The molecule has 232 valence electrons. The van der Waals surface area contributed by atoms with Crippen LogP contribution in [0.2, 0.25) is 0 Å². The first-order chi connectivity index (χ1) is 21.0. The van der Waals surface area contributed by atoms with E-state index in [1.807, 2.05) is 6.07 Å². The van der Waals surface area contributed by atoms with Crippen molar-refractivity contribution in [3.05, 3.63) is 83.1 Å². The molecule has 2 aliphatic carbocycles. The molecular formula is C33H34O11. The van der Waals surface area contributed by atoms with Gasteiger partial charge in [-0.15, -0.1) is 0 Å². The fraction of sp³-hybridized carbons (Fsp3) is 0.364. The van der Waals surface area contributed by atoms with Gasteiger partial charge in [-0.05, 0) is 29.5 Å². The summed E-state index contributed by atoms with van der Waals surface area (Å²) in [5.74, 6) is -12.6. The lowest BCUT2D eigenvalue weighted by atomic mass is 9.50. The van der Waals surface area contributed by atoms with Crippen LogP contribution in [0.15, 0.2) is 72.0 Å². The molecule has 0 saturated heterocycles. The standard InChI is InChI=1S/C33H34O11/c1-18-16-22-23(29(35)40-2)27(26(32(38)43-5)33(39,24(18)30(36)41-3)25(22)31(37)42-4)44-28(34)21(20-14-10-7-11-15-20)17-19-12-8-6-9-13-19/h6-15,17-18,22,24-26,39H,16H2,1-5H3/b21-17+/t18-,22+,24-,25-,26?,33-/m1/s1. The first kappa shape index (κ1) is 32.2. The highest BCUT2D eigenvalue weighted by molar-refractivity contribution is 6.22. The van der Waals surface area contributed by atoms with Crippen molar-refractivity contribution in [3.63, 3.8) is 0 Å². The van der Waals surface area contributed by atoms with E-state index in [1.54, 1.807) is 67.6 Å². The van der Waals surface area contributed by atoms with Crippen LogP contribution in [0.5, 0.6) is 0 Å². The van der Waals surface area contributed by atoms with Crippen LogP contribution in [0.3, 0.4) is 0 Å². The first-order valence-electron chi connectivity index (χ1n) is 13.9. The van der Waals surface area contributed by atoms with Crippen LogP contribution in [-0.4, -0.2) is 69.0 Å². The molecule has 0 amide bonds. The van der Waals surface area contributed by atoms with Gasteiger partial charge in [-0.2, -0.15) is 0 Å². The molecule has 0 aromatic heterocycles. The number of hydrogen-bond acceptors (Lipinski definition) is 11. The summed E-state index contributed by atoms with van der Waals surface area (Å²) in [4.78, 5) is 67.6. The van der Waals surface area contributed by atoms with E-state index in [9.17, 15) is 29.1 Å². The summed E-state index contributed by atoms with van der Waals surface area (Å²) in [6, 6.07) is 17.5. The van der Waals surface area contributed by atoms with Gasteiger partial charge >= 0.3 is 29.8 Å². The molecule has 2 aromatic carbocycles. The quantitative estimate of drug-likeness (QED) is 0.204. The zero-order valence-electron chi connectivity index (χ0n) is 25.0. The highest BCUT2D eigenvalue weighted by Crippen LogP contribution is 2.58. The largest absolute Gasteiger partial charge is 0.469 e. The lowest BCUT2D eigenvalue weighted by Gasteiger charge is -2.55. The van der Waals surface area contributed by atoms with Gasteiger partial charge < -0.3 is 28.8 Å². The molecule has 0 radical (unpaired) electrons. The number of aliphatic hydroxyl groups is 1. The van der Waals surface area contributed by atoms with Gasteiger partial charge in [0, 0.05) is 5.92 Å². The maximum Gasteiger partial charge on any atom is 0.343 e. The van der Waals surface area contributed by atoms with Gasteiger partial charge in [-0.3, -0.25) is 14.4 Å². The minimum absolute atomic E-state index is 0.0212. The Morgan fingerprint density at radius 2 is 1.32 bits per heavy atom. The molecule has 1 N–H and O–H groups in total. The van der Waals surface area contributed by atoms with E-state index in [-0.39, 0.29) is 17.6 Å². The number of rotatable bonds is 8. The molecule has 1 fully saturated rings. The van der Waals surface area contributed by atoms with Gasteiger partial charge in [0.15, 0.2) is 0 Å². The minimum Gasteiger partial charge on any atom is -0.469 e. The third-order valence-corrected chi connectivity index (χ3v) is 8.32. The average Bonchev–Trinajstić information content (AvgIpc) is 3.03. The van der Waals surface area contributed by atoms with Gasteiger partial charge in [0.25, 0.3) is 0 Å². The van der Waals surface area contributed by atoms with Gasteiger partial charge in [0.2, 0.25) is 0 Å². The Morgan fingerprint density at radius 1 is 0.773 bits per heavy atom. The highest BCUT2D eigenvalue weighted by Gasteiger charge is 2.71. The molecule has 0 heterocycles. The Morgan fingerprint density at radius 3 is 1.86 bits per heavy atom. The van der Waals surface area contributed by atoms with Gasteiger partial charge in [0.05, 0.1) is 51.4 Å². The van der Waals surface area contributed by atoms with Crippen LogP contribution in [0, 0.1) is 29.6 Å². The molecule has 6 atom stereocenters. The summed E-state index contributed by atoms with van der Waals surface area (Å²) in [6.45, 7) is 1.61. The van der Waals surface area contributed by atoms with Crippen LogP contribution in [0.25, 0.3) is 11.6 Å². The molecule has 2 aliphatic rings. The molecule has 11 heteroatoms. The van der Waals surface area contributed by atoms with Crippen molar-refractivity contribution in [3.8, 4) is 0 Å². The Labute approximate surface area is 254 Å². The van der Waals surface area contributed by atoms with Crippen LogP contribution in [0.4, 0.5) is 0 Å². The van der Waals surface area contributed by atoms with Crippen molar-refractivity contribution >= 4 is 41.5 Å². The summed E-state index contributed by atoms with van der Waals surface area (Å²) >= 11 is 0. The van der Waals surface area contributed by atoms with Gasteiger partial charge in [-0.1, -0.05) is 67.6 Å². The van der Waals surface area contributed by atoms with E-state index in [4.69, 9.17) is 23.7 Å². The number of hydrogen-bond donors (Lipinski definition) is 1. The number of esters is 5. The SMILES string of the molecule is COC(=O)C1=C(OC(=O)/C(=C/c2ccccc2)c2ccccc2)C(C(=O)OC)[C@@]2(O)[C@@H](C(=O)OC)[C@H](C)C[C@@H]1[C@@H]2C(=O)OC. The molecule has 0 aliphatic heterocycles. The fourth-order valence-corrected chi connectivity index (χ4v) is 6.50. The lowest BCUT2D eigenvalue weighted by molar-refractivity contribution is -0.212. The molecule has 1 saturated carbocycles. The second kappa shape index (κ2) is 13.3. The van der Waals surface area contributed by atoms with E-state index in [0.29, 0.717) is 11.1 Å². The van der Waals surface area contributed by atoms with Crippen LogP contribution < -0.4 is 0 Å². The zero-order valence-corrected chi connectivity index (χ0v) is 25.0. The zero-order chi connectivity index (χ0) is 32.2. The molecule has 0 spiro atoms. The van der Waals surface area contributed by atoms with Crippen molar-refractivity contribution in [1.29, 1.82) is 0 Å². The van der Waals surface area contributed by atoms with Crippen LogP contribution in [-0.2, 0) is 47.7 Å². The number of carbonyl (C=O) groups excluding carboxylic acids is 5.